The fourth-order valence-electron chi connectivity index (χ4n) is 4.57. The van der Waals surface area contributed by atoms with Gasteiger partial charge in [0.25, 0.3) is 0 Å². The summed E-state index contributed by atoms with van der Waals surface area (Å²) in [6, 6.07) is 6.46. The lowest BCUT2D eigenvalue weighted by Crippen LogP contribution is -2.32. The summed E-state index contributed by atoms with van der Waals surface area (Å²) in [5.41, 5.74) is 9.47. The average molecular weight is 437 g/mol. The Morgan fingerprint density at radius 2 is 1.97 bits per heavy atom. The van der Waals surface area contributed by atoms with E-state index >= 15 is 0 Å². The minimum Gasteiger partial charge on any atom is -0.362 e. The highest BCUT2D eigenvalue weighted by Crippen LogP contribution is 2.30. The number of pyridine rings is 2. The molecule has 1 aliphatic rings. The monoisotopic (exact) mass is 436 g/mol. The molecule has 0 spiro atoms. The summed E-state index contributed by atoms with van der Waals surface area (Å²) < 4.78 is 4.11. The third kappa shape index (κ3) is 3.67. The van der Waals surface area contributed by atoms with E-state index in [4.69, 9.17) is 4.98 Å². The first-order valence-electron chi connectivity index (χ1n) is 11.2. The lowest BCUT2D eigenvalue weighted by Gasteiger charge is -2.31. The molecule has 0 aliphatic carbocycles. The zero-order valence-electron chi connectivity index (χ0n) is 19.4. The van der Waals surface area contributed by atoms with E-state index in [1.165, 1.54) is 0 Å². The summed E-state index contributed by atoms with van der Waals surface area (Å²) >= 11 is 0. The third-order valence-corrected chi connectivity index (χ3v) is 6.39. The van der Waals surface area contributed by atoms with Gasteiger partial charge < -0.3 is 9.47 Å². The van der Waals surface area contributed by atoms with Gasteiger partial charge >= 0.3 is 0 Å². The number of imidazole rings is 1. The molecule has 6 heteroatoms. The van der Waals surface area contributed by atoms with Crippen LogP contribution in [0.4, 0.5) is 0 Å². The second kappa shape index (κ2) is 8.20. The van der Waals surface area contributed by atoms with Gasteiger partial charge in [0.15, 0.2) is 0 Å². The van der Waals surface area contributed by atoms with E-state index in [-0.39, 0.29) is 0 Å². The van der Waals surface area contributed by atoms with Crippen LogP contribution in [-0.2, 0) is 13.1 Å². The first-order valence-corrected chi connectivity index (χ1v) is 11.2. The molecule has 0 saturated carbocycles. The van der Waals surface area contributed by atoms with Gasteiger partial charge in [0.2, 0.25) is 0 Å². The highest BCUT2D eigenvalue weighted by Gasteiger charge is 2.21. The van der Waals surface area contributed by atoms with Crippen molar-refractivity contribution in [2.75, 3.05) is 6.54 Å². The van der Waals surface area contributed by atoms with Crippen LogP contribution in [0.15, 0.2) is 62.2 Å². The Balaban J connectivity index is 1.49. The Hall–Kier alpha value is -3.93. The van der Waals surface area contributed by atoms with Crippen LogP contribution in [-0.4, -0.2) is 35.6 Å². The lowest BCUT2D eigenvalue weighted by molar-refractivity contribution is 0.314. The molecule has 4 aromatic heterocycles. The van der Waals surface area contributed by atoms with Gasteiger partial charge in [-0.2, -0.15) is 5.10 Å². The van der Waals surface area contributed by atoms with E-state index in [9.17, 15) is 0 Å². The van der Waals surface area contributed by atoms with Gasteiger partial charge in [-0.15, -0.1) is 0 Å². The van der Waals surface area contributed by atoms with Gasteiger partial charge in [0.1, 0.15) is 5.82 Å². The van der Waals surface area contributed by atoms with Gasteiger partial charge in [-0.3, -0.25) is 4.98 Å². The van der Waals surface area contributed by atoms with Crippen molar-refractivity contribution in [1.82, 2.24) is 29.0 Å². The van der Waals surface area contributed by atoms with Crippen LogP contribution >= 0.6 is 0 Å². The van der Waals surface area contributed by atoms with Crippen molar-refractivity contribution in [3.8, 4) is 0 Å². The molecule has 33 heavy (non-hydrogen) atoms. The minimum atomic E-state index is 0.758. The highest BCUT2D eigenvalue weighted by molar-refractivity contribution is 5.84. The minimum absolute atomic E-state index is 0.758. The molecule has 0 atom stereocenters. The number of nitrogens with zero attached hydrogens (tertiary/aromatic N) is 6. The molecule has 6 nitrogen and oxygen atoms in total. The Morgan fingerprint density at radius 3 is 2.76 bits per heavy atom. The first kappa shape index (κ1) is 20.9. The summed E-state index contributed by atoms with van der Waals surface area (Å²) in [4.78, 5) is 11.7. The molecule has 0 fully saturated rings. The number of aromatic nitrogens is 5. The molecule has 0 amide bonds. The van der Waals surface area contributed by atoms with Crippen LogP contribution in [0.2, 0.25) is 0 Å². The number of hydrogen-bond donors (Lipinski definition) is 0. The summed E-state index contributed by atoms with van der Waals surface area (Å²) in [7, 11) is 0. The zero-order valence-corrected chi connectivity index (χ0v) is 19.4. The number of rotatable bonds is 5. The number of aryl methyl sites for hydroxylation is 2. The molecule has 0 radical (unpaired) electrons. The van der Waals surface area contributed by atoms with Crippen molar-refractivity contribution in [2.24, 2.45) is 0 Å². The Labute approximate surface area is 194 Å². The molecule has 0 N–H and O–H groups in total. The molecule has 0 saturated heterocycles. The Morgan fingerprint density at radius 1 is 1.12 bits per heavy atom. The molecule has 0 aromatic carbocycles. The van der Waals surface area contributed by atoms with E-state index in [1.54, 1.807) is 0 Å². The second-order valence-electron chi connectivity index (χ2n) is 8.47. The van der Waals surface area contributed by atoms with Crippen LogP contribution in [0.3, 0.4) is 0 Å². The maximum Gasteiger partial charge on any atom is 0.128 e. The molecule has 0 bridgehead atoms. The largest absolute Gasteiger partial charge is 0.362 e. The van der Waals surface area contributed by atoms with Gasteiger partial charge in [0, 0.05) is 59.8 Å². The van der Waals surface area contributed by atoms with E-state index in [0.717, 1.165) is 75.9 Å². The number of allylic oxidation sites excluding steroid dienone is 1. The van der Waals surface area contributed by atoms with Gasteiger partial charge in [-0.1, -0.05) is 25.3 Å². The normalized spacial score (nSPS) is 13.9. The van der Waals surface area contributed by atoms with Crippen LogP contribution in [0.25, 0.3) is 22.9 Å². The quantitative estimate of drug-likeness (QED) is 0.436. The van der Waals surface area contributed by atoms with Crippen molar-refractivity contribution in [1.29, 1.82) is 0 Å². The van der Waals surface area contributed by atoms with Crippen molar-refractivity contribution in [3.63, 3.8) is 0 Å². The Kier molecular flexibility index (Phi) is 5.21. The van der Waals surface area contributed by atoms with Gasteiger partial charge in [-0.25, -0.2) is 9.50 Å². The summed E-state index contributed by atoms with van der Waals surface area (Å²) in [5.74, 6) is 1.08. The predicted molar refractivity (Wildman–Crippen MR) is 133 cm³/mol. The number of hydrogen-bond acceptors (Lipinski definition) is 4. The van der Waals surface area contributed by atoms with Crippen molar-refractivity contribution >= 4 is 22.9 Å². The van der Waals surface area contributed by atoms with E-state index in [1.807, 2.05) is 36.1 Å². The Bertz CT molecular complexity index is 1420. The molecule has 166 valence electrons. The summed E-state index contributed by atoms with van der Waals surface area (Å²) in [6.07, 6.45) is 11.9. The molecule has 4 aromatic rings. The molecule has 5 rings (SSSR count). The van der Waals surface area contributed by atoms with E-state index < -0.39 is 0 Å². The first-order chi connectivity index (χ1) is 16.0. The molecule has 1 aliphatic heterocycles. The zero-order chi connectivity index (χ0) is 23.1. The lowest BCUT2D eigenvalue weighted by atomic mass is 9.95. The molecule has 0 unspecified atom stereocenters. The summed E-state index contributed by atoms with van der Waals surface area (Å²) in [5, 5.41) is 4.40. The predicted octanol–water partition coefficient (Wildman–Crippen LogP) is 5.12. The number of fused-ring (bicyclic) bond motifs is 2. The molecular formula is C27H28N6. The van der Waals surface area contributed by atoms with Crippen molar-refractivity contribution < 1.29 is 0 Å². The van der Waals surface area contributed by atoms with E-state index in [0.29, 0.717) is 0 Å². The third-order valence-electron chi connectivity index (χ3n) is 6.39. The second-order valence-corrected chi connectivity index (χ2v) is 8.47. The van der Waals surface area contributed by atoms with Gasteiger partial charge in [0.05, 0.1) is 24.0 Å². The van der Waals surface area contributed by atoms with Crippen molar-refractivity contribution in [2.45, 2.75) is 33.9 Å². The fraction of sp³-hybridized carbons (Fsp3) is 0.222. The van der Waals surface area contributed by atoms with Crippen LogP contribution in [0.5, 0.6) is 0 Å². The van der Waals surface area contributed by atoms with Crippen LogP contribution < -0.4 is 0 Å². The fourth-order valence-corrected chi connectivity index (χ4v) is 4.57. The van der Waals surface area contributed by atoms with Gasteiger partial charge in [-0.05, 0) is 50.1 Å². The molecule has 5 heterocycles. The average Bonchev–Trinajstić information content (AvgIpc) is 3.41. The maximum atomic E-state index is 4.74. The maximum absolute atomic E-state index is 4.74. The highest BCUT2D eigenvalue weighted by atomic mass is 15.2. The standard InChI is InChI=1S/C27H28N6/c1-6-21-15-29-33-9-8-22(13-26(21)33)24(7-2)25-12-23(14-28-19(25)4)20(5)31-10-11-32-16-18(3)30-27(32)17-31/h6-9,12-16H,1,5,10-11,17H2,2-4H3/b24-7-. The molecular weight excluding hydrogens is 408 g/mol. The SMILES string of the molecule is C=Cc1cnn2ccc(/C(=C/C)c3cc(C(=C)N4CCn5cc(C)nc5C4)cnc3C)cc12. The van der Waals surface area contributed by atoms with Crippen LogP contribution in [0.1, 0.15) is 46.4 Å². The topological polar surface area (TPSA) is 51.2 Å². The van der Waals surface area contributed by atoms with E-state index in [2.05, 4.69) is 77.0 Å². The van der Waals surface area contributed by atoms with Crippen LogP contribution in [0, 0.1) is 13.8 Å². The van der Waals surface area contributed by atoms with Crippen molar-refractivity contribution in [3.05, 3.63) is 102 Å². The smallest absolute Gasteiger partial charge is 0.128 e. The summed E-state index contributed by atoms with van der Waals surface area (Å²) in [6.45, 7) is 17.1.